The van der Waals surface area contributed by atoms with Crippen molar-refractivity contribution in [3.63, 3.8) is 0 Å². The van der Waals surface area contributed by atoms with Crippen LogP contribution in [0.25, 0.3) is 0 Å². The highest BCUT2D eigenvalue weighted by molar-refractivity contribution is 6.48. The molecule has 0 spiro atoms. The molecule has 0 aliphatic carbocycles. The molecule has 12 heavy (non-hydrogen) atoms. The molecule has 1 aliphatic rings. The standard InChI is InChI=1S/C9H20BNO/c1-8-6-9(7-11-8)4-3-5-10(2)12/h8-9,11-12H,3-7H2,1-2H3. The van der Waals surface area contributed by atoms with Crippen LogP contribution in [0.15, 0.2) is 0 Å². The molecule has 2 unspecified atom stereocenters. The number of rotatable bonds is 4. The maximum Gasteiger partial charge on any atom is 0.285 e. The lowest BCUT2D eigenvalue weighted by molar-refractivity contribution is 0.502. The zero-order chi connectivity index (χ0) is 8.97. The predicted molar refractivity (Wildman–Crippen MR) is 53.4 cm³/mol. The van der Waals surface area contributed by atoms with Crippen LogP contribution in [-0.2, 0) is 0 Å². The third-order valence-electron chi connectivity index (χ3n) is 2.68. The van der Waals surface area contributed by atoms with Gasteiger partial charge in [0.2, 0.25) is 0 Å². The summed E-state index contributed by atoms with van der Waals surface area (Å²) in [7, 11) is 0. The first-order chi connectivity index (χ1) is 5.68. The monoisotopic (exact) mass is 169 g/mol. The highest BCUT2D eigenvalue weighted by Gasteiger charge is 2.19. The SMILES string of the molecule is CB(O)CCCC1CNC(C)C1. The predicted octanol–water partition coefficient (Wildman–Crippen LogP) is 1.38. The lowest BCUT2D eigenvalue weighted by atomic mass is 9.66. The van der Waals surface area contributed by atoms with Gasteiger partial charge in [-0.15, -0.1) is 0 Å². The topological polar surface area (TPSA) is 32.3 Å². The maximum atomic E-state index is 9.06. The van der Waals surface area contributed by atoms with E-state index >= 15 is 0 Å². The van der Waals surface area contributed by atoms with Crippen molar-refractivity contribution in [2.24, 2.45) is 5.92 Å². The second-order valence-corrected chi connectivity index (χ2v) is 4.19. The second kappa shape index (κ2) is 4.88. The van der Waals surface area contributed by atoms with Crippen LogP contribution < -0.4 is 5.32 Å². The van der Waals surface area contributed by atoms with Gasteiger partial charge in [-0.3, -0.25) is 0 Å². The van der Waals surface area contributed by atoms with Crippen LogP contribution in [0.5, 0.6) is 0 Å². The summed E-state index contributed by atoms with van der Waals surface area (Å²) in [6.07, 6.45) is 4.74. The Kier molecular flexibility index (Phi) is 4.09. The zero-order valence-corrected chi connectivity index (χ0v) is 8.21. The van der Waals surface area contributed by atoms with Crippen LogP contribution in [0.2, 0.25) is 13.1 Å². The highest BCUT2D eigenvalue weighted by Crippen LogP contribution is 2.19. The molecule has 1 aliphatic heterocycles. The Morgan fingerprint density at radius 2 is 2.33 bits per heavy atom. The smallest absolute Gasteiger partial charge is 0.285 e. The van der Waals surface area contributed by atoms with Gasteiger partial charge in [-0.1, -0.05) is 13.2 Å². The van der Waals surface area contributed by atoms with Gasteiger partial charge in [-0.25, -0.2) is 0 Å². The first kappa shape index (κ1) is 10.1. The van der Waals surface area contributed by atoms with Gasteiger partial charge in [0.05, 0.1) is 0 Å². The minimum atomic E-state index is -0.114. The fraction of sp³-hybridized carbons (Fsp3) is 1.00. The molecule has 0 aromatic heterocycles. The van der Waals surface area contributed by atoms with E-state index in [1.165, 1.54) is 25.8 Å². The molecule has 2 atom stereocenters. The number of hydrogen-bond donors (Lipinski definition) is 2. The Morgan fingerprint density at radius 1 is 1.58 bits per heavy atom. The van der Waals surface area contributed by atoms with E-state index in [9.17, 15) is 0 Å². The summed E-state index contributed by atoms with van der Waals surface area (Å²) >= 11 is 0. The van der Waals surface area contributed by atoms with Gasteiger partial charge in [0, 0.05) is 6.04 Å². The Bertz CT molecular complexity index is 130. The van der Waals surface area contributed by atoms with E-state index in [0.717, 1.165) is 12.2 Å². The summed E-state index contributed by atoms with van der Waals surface area (Å²) in [6.45, 7) is 5.18. The van der Waals surface area contributed by atoms with Gasteiger partial charge in [0.1, 0.15) is 0 Å². The van der Waals surface area contributed by atoms with Gasteiger partial charge in [0.15, 0.2) is 0 Å². The summed E-state index contributed by atoms with van der Waals surface area (Å²) in [5.74, 6) is 0.860. The van der Waals surface area contributed by atoms with Crippen LogP contribution in [0.3, 0.4) is 0 Å². The number of nitrogens with one attached hydrogen (secondary N) is 1. The van der Waals surface area contributed by atoms with Gasteiger partial charge in [-0.2, -0.15) is 0 Å². The first-order valence-electron chi connectivity index (χ1n) is 5.10. The summed E-state index contributed by atoms with van der Waals surface area (Å²) in [6, 6.07) is 0.710. The van der Waals surface area contributed by atoms with Crippen molar-refractivity contribution in [3.05, 3.63) is 0 Å². The molecule has 1 fully saturated rings. The van der Waals surface area contributed by atoms with Crippen molar-refractivity contribution < 1.29 is 5.02 Å². The second-order valence-electron chi connectivity index (χ2n) is 4.19. The third kappa shape index (κ3) is 3.59. The molecule has 2 nitrogen and oxygen atoms in total. The van der Waals surface area contributed by atoms with Crippen LogP contribution >= 0.6 is 0 Å². The Morgan fingerprint density at radius 3 is 2.83 bits per heavy atom. The lowest BCUT2D eigenvalue weighted by Gasteiger charge is -2.07. The van der Waals surface area contributed by atoms with Gasteiger partial charge < -0.3 is 10.3 Å². The van der Waals surface area contributed by atoms with Crippen molar-refractivity contribution in [1.29, 1.82) is 0 Å². The van der Waals surface area contributed by atoms with Crippen molar-refractivity contribution in [2.75, 3.05) is 6.54 Å². The molecule has 0 bridgehead atoms. The van der Waals surface area contributed by atoms with E-state index in [1.807, 2.05) is 6.82 Å². The Balaban J connectivity index is 2.00. The zero-order valence-electron chi connectivity index (χ0n) is 8.21. The maximum absolute atomic E-state index is 9.06. The average molecular weight is 169 g/mol. The molecule has 1 saturated heterocycles. The summed E-state index contributed by atoms with van der Waals surface area (Å²) < 4.78 is 0. The van der Waals surface area contributed by atoms with E-state index in [0.29, 0.717) is 6.04 Å². The first-order valence-corrected chi connectivity index (χ1v) is 5.10. The fourth-order valence-corrected chi connectivity index (χ4v) is 1.96. The molecular formula is C9H20BNO. The molecule has 70 valence electrons. The largest absolute Gasteiger partial charge is 0.451 e. The van der Waals surface area contributed by atoms with E-state index in [-0.39, 0.29) is 6.92 Å². The third-order valence-corrected chi connectivity index (χ3v) is 2.68. The van der Waals surface area contributed by atoms with Crippen LogP contribution in [0.4, 0.5) is 0 Å². The van der Waals surface area contributed by atoms with Crippen LogP contribution in [0, 0.1) is 5.92 Å². The van der Waals surface area contributed by atoms with E-state index in [4.69, 9.17) is 5.02 Å². The van der Waals surface area contributed by atoms with Crippen molar-refractivity contribution in [2.45, 2.75) is 45.4 Å². The van der Waals surface area contributed by atoms with E-state index in [2.05, 4.69) is 12.2 Å². The minimum absolute atomic E-state index is 0.114. The molecule has 0 aromatic rings. The summed E-state index contributed by atoms with van der Waals surface area (Å²) in [4.78, 5) is 0. The Labute approximate surface area is 75.9 Å². The van der Waals surface area contributed by atoms with Gasteiger partial charge in [-0.05, 0) is 38.5 Å². The Hall–Kier alpha value is -0.0151. The molecule has 0 saturated carbocycles. The van der Waals surface area contributed by atoms with Crippen molar-refractivity contribution in [3.8, 4) is 0 Å². The lowest BCUT2D eigenvalue weighted by Crippen LogP contribution is -2.16. The molecule has 0 radical (unpaired) electrons. The molecule has 1 rings (SSSR count). The summed E-state index contributed by atoms with van der Waals surface area (Å²) in [5.41, 5.74) is 0. The van der Waals surface area contributed by atoms with E-state index < -0.39 is 0 Å². The molecule has 0 aromatic carbocycles. The number of hydrogen-bond acceptors (Lipinski definition) is 2. The van der Waals surface area contributed by atoms with Gasteiger partial charge in [0.25, 0.3) is 6.92 Å². The molecule has 0 amide bonds. The fourth-order valence-electron chi connectivity index (χ4n) is 1.96. The molecular weight excluding hydrogens is 149 g/mol. The quantitative estimate of drug-likeness (QED) is 0.623. The normalized spacial score (nSPS) is 29.2. The van der Waals surface area contributed by atoms with Crippen LogP contribution in [-0.4, -0.2) is 24.5 Å². The average Bonchev–Trinajstić information content (AvgIpc) is 2.35. The molecule has 2 N–H and O–H groups in total. The molecule has 1 heterocycles. The molecule has 3 heteroatoms. The van der Waals surface area contributed by atoms with Crippen LogP contribution in [0.1, 0.15) is 26.2 Å². The van der Waals surface area contributed by atoms with Crippen molar-refractivity contribution >= 4 is 6.92 Å². The summed E-state index contributed by atoms with van der Waals surface area (Å²) in [5, 5.41) is 12.5. The van der Waals surface area contributed by atoms with Crippen molar-refractivity contribution in [1.82, 2.24) is 5.32 Å². The van der Waals surface area contributed by atoms with Gasteiger partial charge >= 0.3 is 0 Å². The van der Waals surface area contributed by atoms with E-state index in [1.54, 1.807) is 0 Å². The minimum Gasteiger partial charge on any atom is -0.451 e. The highest BCUT2D eigenvalue weighted by atomic mass is 16.2.